The number of pyridine rings is 1. The molecule has 3 heterocycles. The second-order valence-corrected chi connectivity index (χ2v) is 10.7. The molecule has 5 heteroatoms. The molecule has 0 fully saturated rings. The van der Waals surface area contributed by atoms with Gasteiger partial charge in [0, 0.05) is 32.8 Å². The molecule has 0 radical (unpaired) electrons. The molecule has 0 amide bonds. The van der Waals surface area contributed by atoms with Crippen molar-refractivity contribution in [2.24, 2.45) is 0 Å². The highest BCUT2D eigenvalue weighted by molar-refractivity contribution is 6.14. The lowest BCUT2D eigenvalue weighted by molar-refractivity contribution is 0.656. The summed E-state index contributed by atoms with van der Waals surface area (Å²) in [5.74, 6) is 1.83. The monoisotopic (exact) mass is 550 g/mol. The van der Waals surface area contributed by atoms with E-state index in [1.165, 1.54) is 10.8 Å². The smallest absolute Gasteiger partial charge is 0.227 e. The lowest BCUT2D eigenvalue weighted by atomic mass is 9.97. The fraction of sp³-hybridized carbons (Fsp3) is 0. The second kappa shape index (κ2) is 9.29. The first-order valence-corrected chi connectivity index (χ1v) is 14.2. The standard InChI is InChI=1S/C38H22N4O/c1-2-11-23(12-3-1)35-40-36(29-18-10-20-33-34(29)31-22-25-14-5-9-19-32(25)39-38(31)43-33)42-37(41-35)30-21-24-13-4-6-15-26(24)27-16-7-8-17-28(27)30/h1-22H. The number of fused-ring (bicyclic) bond motifs is 7. The summed E-state index contributed by atoms with van der Waals surface area (Å²) >= 11 is 0. The first-order valence-electron chi connectivity index (χ1n) is 14.2. The lowest BCUT2D eigenvalue weighted by Crippen LogP contribution is -2.01. The number of nitrogens with zero attached hydrogens (tertiary/aromatic N) is 4. The molecular formula is C38H22N4O. The van der Waals surface area contributed by atoms with E-state index in [4.69, 9.17) is 24.4 Å². The highest BCUT2D eigenvalue weighted by Gasteiger charge is 2.20. The minimum atomic E-state index is 0.586. The van der Waals surface area contributed by atoms with Gasteiger partial charge in [0.15, 0.2) is 17.5 Å². The maximum Gasteiger partial charge on any atom is 0.227 e. The zero-order valence-electron chi connectivity index (χ0n) is 22.9. The molecule has 0 aliphatic heterocycles. The molecule has 0 atom stereocenters. The summed E-state index contributed by atoms with van der Waals surface area (Å²) in [5, 5.41) is 7.53. The van der Waals surface area contributed by atoms with Crippen LogP contribution in [0.1, 0.15) is 0 Å². The Morgan fingerprint density at radius 3 is 1.95 bits per heavy atom. The molecule has 9 aromatic rings. The average Bonchev–Trinajstić information content (AvgIpc) is 3.44. The van der Waals surface area contributed by atoms with Gasteiger partial charge in [-0.3, -0.25) is 0 Å². The van der Waals surface area contributed by atoms with Gasteiger partial charge < -0.3 is 4.42 Å². The van der Waals surface area contributed by atoms with Crippen LogP contribution in [0.2, 0.25) is 0 Å². The normalized spacial score (nSPS) is 11.7. The number of hydrogen-bond acceptors (Lipinski definition) is 5. The van der Waals surface area contributed by atoms with Crippen LogP contribution in [0.25, 0.3) is 88.7 Å². The Hall–Kier alpha value is -5.94. The second-order valence-electron chi connectivity index (χ2n) is 10.7. The molecule has 0 spiro atoms. The first kappa shape index (κ1) is 23.7. The quantitative estimate of drug-likeness (QED) is 0.205. The highest BCUT2D eigenvalue weighted by atomic mass is 16.3. The number of furan rings is 1. The molecule has 0 saturated carbocycles. The molecule has 200 valence electrons. The van der Waals surface area contributed by atoms with Crippen molar-refractivity contribution in [1.29, 1.82) is 0 Å². The van der Waals surface area contributed by atoms with Crippen molar-refractivity contribution in [3.05, 3.63) is 133 Å². The largest absolute Gasteiger partial charge is 0.438 e. The number of benzene rings is 6. The maximum absolute atomic E-state index is 6.28. The van der Waals surface area contributed by atoms with E-state index in [2.05, 4.69) is 72.8 Å². The van der Waals surface area contributed by atoms with Crippen LogP contribution in [0.5, 0.6) is 0 Å². The minimum Gasteiger partial charge on any atom is -0.438 e. The zero-order chi connectivity index (χ0) is 28.3. The Labute approximate surface area is 246 Å². The molecule has 5 nitrogen and oxygen atoms in total. The molecule has 43 heavy (non-hydrogen) atoms. The SMILES string of the molecule is c1ccc(-c2nc(-c3cc4ccccc4c4ccccc34)nc(-c3cccc4oc5nc6ccccc6cc5c34)n2)cc1. The molecule has 0 bridgehead atoms. The van der Waals surface area contributed by atoms with Crippen molar-refractivity contribution >= 4 is 54.5 Å². The molecular weight excluding hydrogens is 528 g/mol. The maximum atomic E-state index is 6.28. The van der Waals surface area contributed by atoms with E-state index in [1.54, 1.807) is 0 Å². The third kappa shape index (κ3) is 3.79. The summed E-state index contributed by atoms with van der Waals surface area (Å²) in [4.78, 5) is 20.1. The Balaban J connectivity index is 1.36. The Morgan fingerprint density at radius 2 is 1.09 bits per heavy atom. The molecule has 0 saturated heterocycles. The average molecular weight is 551 g/mol. The van der Waals surface area contributed by atoms with E-state index < -0.39 is 0 Å². The van der Waals surface area contributed by atoms with Crippen LogP contribution in [-0.2, 0) is 0 Å². The van der Waals surface area contributed by atoms with E-state index in [0.29, 0.717) is 23.2 Å². The van der Waals surface area contributed by atoms with Gasteiger partial charge in [-0.05, 0) is 45.8 Å². The first-order chi connectivity index (χ1) is 21.3. The van der Waals surface area contributed by atoms with Gasteiger partial charge in [0.2, 0.25) is 5.71 Å². The predicted octanol–water partition coefficient (Wildman–Crippen LogP) is 9.63. The minimum absolute atomic E-state index is 0.586. The van der Waals surface area contributed by atoms with E-state index in [1.807, 2.05) is 60.7 Å². The van der Waals surface area contributed by atoms with E-state index in [0.717, 1.165) is 54.7 Å². The van der Waals surface area contributed by atoms with Crippen molar-refractivity contribution < 1.29 is 4.42 Å². The number of hydrogen-bond donors (Lipinski definition) is 0. The van der Waals surface area contributed by atoms with E-state index >= 15 is 0 Å². The molecule has 0 aliphatic carbocycles. The molecule has 0 aliphatic rings. The van der Waals surface area contributed by atoms with Crippen molar-refractivity contribution in [2.75, 3.05) is 0 Å². The van der Waals surface area contributed by atoms with Gasteiger partial charge in [0.1, 0.15) is 5.58 Å². The summed E-state index contributed by atoms with van der Waals surface area (Å²) in [6.45, 7) is 0. The summed E-state index contributed by atoms with van der Waals surface area (Å²) in [6.07, 6.45) is 0. The molecule has 0 unspecified atom stereocenters. The van der Waals surface area contributed by atoms with Gasteiger partial charge in [-0.15, -0.1) is 0 Å². The lowest BCUT2D eigenvalue weighted by Gasteiger charge is -2.12. The summed E-state index contributed by atoms with van der Waals surface area (Å²) < 4.78 is 6.28. The van der Waals surface area contributed by atoms with Crippen LogP contribution < -0.4 is 0 Å². The predicted molar refractivity (Wildman–Crippen MR) is 174 cm³/mol. The van der Waals surface area contributed by atoms with Gasteiger partial charge in [-0.25, -0.2) is 19.9 Å². The van der Waals surface area contributed by atoms with Gasteiger partial charge in [0.05, 0.1) is 5.52 Å². The third-order valence-corrected chi connectivity index (χ3v) is 8.11. The third-order valence-electron chi connectivity index (χ3n) is 8.11. The number of para-hydroxylation sites is 1. The molecule has 0 N–H and O–H groups in total. The zero-order valence-corrected chi connectivity index (χ0v) is 22.9. The fourth-order valence-electron chi connectivity index (χ4n) is 6.11. The van der Waals surface area contributed by atoms with Crippen LogP contribution >= 0.6 is 0 Å². The highest BCUT2D eigenvalue weighted by Crippen LogP contribution is 2.38. The van der Waals surface area contributed by atoms with Crippen LogP contribution in [0.3, 0.4) is 0 Å². The van der Waals surface area contributed by atoms with Gasteiger partial charge in [-0.2, -0.15) is 0 Å². The van der Waals surface area contributed by atoms with E-state index in [-0.39, 0.29) is 0 Å². The van der Waals surface area contributed by atoms with Gasteiger partial charge in [0.25, 0.3) is 0 Å². The van der Waals surface area contributed by atoms with Crippen molar-refractivity contribution in [1.82, 2.24) is 19.9 Å². The molecule has 3 aromatic heterocycles. The van der Waals surface area contributed by atoms with Crippen molar-refractivity contribution in [3.63, 3.8) is 0 Å². The fourth-order valence-corrected chi connectivity index (χ4v) is 6.11. The van der Waals surface area contributed by atoms with Crippen LogP contribution in [0.4, 0.5) is 0 Å². The van der Waals surface area contributed by atoms with E-state index in [9.17, 15) is 0 Å². The van der Waals surface area contributed by atoms with Crippen molar-refractivity contribution in [2.45, 2.75) is 0 Å². The summed E-state index contributed by atoms with van der Waals surface area (Å²) in [6, 6.07) is 45.4. The Bertz CT molecular complexity index is 2520. The van der Waals surface area contributed by atoms with Gasteiger partial charge in [-0.1, -0.05) is 109 Å². The summed E-state index contributed by atoms with van der Waals surface area (Å²) in [5.41, 5.74) is 5.00. The van der Waals surface area contributed by atoms with Crippen molar-refractivity contribution in [3.8, 4) is 34.2 Å². The molecule has 6 aromatic carbocycles. The Morgan fingerprint density at radius 1 is 0.419 bits per heavy atom. The van der Waals surface area contributed by atoms with Crippen LogP contribution in [0.15, 0.2) is 138 Å². The number of rotatable bonds is 3. The Kier molecular flexibility index (Phi) is 5.13. The topological polar surface area (TPSA) is 64.7 Å². The van der Waals surface area contributed by atoms with Crippen LogP contribution in [-0.4, -0.2) is 19.9 Å². The summed E-state index contributed by atoms with van der Waals surface area (Å²) in [7, 11) is 0. The van der Waals surface area contributed by atoms with Gasteiger partial charge >= 0.3 is 0 Å². The van der Waals surface area contributed by atoms with Crippen LogP contribution in [0, 0.1) is 0 Å². The number of aromatic nitrogens is 4. The molecule has 9 rings (SSSR count).